The van der Waals surface area contributed by atoms with Crippen LogP contribution in [0, 0.1) is 56.2 Å². The highest BCUT2D eigenvalue weighted by molar-refractivity contribution is 6.30. The molecule has 9 heteroatoms. The topological polar surface area (TPSA) is 93.8 Å². The van der Waals surface area contributed by atoms with Crippen LogP contribution in [0.3, 0.4) is 0 Å². The number of carboxylic acid groups (broad SMARTS) is 1. The number of nitrogens with zero attached hydrogens (tertiary/aromatic N) is 3. The van der Waals surface area contributed by atoms with E-state index in [9.17, 15) is 19.5 Å². The van der Waals surface area contributed by atoms with Gasteiger partial charge < -0.3 is 14.7 Å². The number of carbonyl (C=O) groups excluding carboxylic acids is 1. The number of ether oxygens (including phenoxy) is 1. The molecule has 0 bridgehead atoms. The molecule has 1 N–H and O–H groups in total. The molecule has 2 aromatic rings. The quantitative estimate of drug-likeness (QED) is 0.179. The minimum Gasteiger partial charge on any atom is -0.481 e. The molecule has 5 aliphatic rings. The summed E-state index contributed by atoms with van der Waals surface area (Å²) in [6.07, 6.45) is 11.8. The van der Waals surface area contributed by atoms with E-state index in [-0.39, 0.29) is 45.2 Å². The number of allylic oxidation sites excluding steroid dienone is 2. The lowest BCUT2D eigenvalue weighted by molar-refractivity contribution is -0.233. The summed E-state index contributed by atoms with van der Waals surface area (Å²) in [4.78, 5) is 41.2. The molecule has 3 unspecified atom stereocenters. The summed E-state index contributed by atoms with van der Waals surface area (Å²) in [5.74, 6) is 0.635. The van der Waals surface area contributed by atoms with Crippen LogP contribution in [0.2, 0.25) is 5.02 Å². The van der Waals surface area contributed by atoms with Crippen LogP contribution >= 0.6 is 11.6 Å². The minimum absolute atomic E-state index is 0.0234. The predicted molar refractivity (Wildman–Crippen MR) is 232 cm³/mol. The summed E-state index contributed by atoms with van der Waals surface area (Å²) < 4.78 is 10.4. The fraction of sp³-hybridized carbons (Fsp3) is 0.735. The Morgan fingerprint density at radius 3 is 2.26 bits per heavy atom. The predicted octanol–water partition coefficient (Wildman–Crippen LogP) is 10.6. The number of rotatable bonds is 11. The van der Waals surface area contributed by atoms with E-state index in [1.165, 1.54) is 25.7 Å². The fourth-order valence-electron chi connectivity index (χ4n) is 14.3. The summed E-state index contributed by atoms with van der Waals surface area (Å²) in [6, 6.07) is 9.59. The molecule has 1 aromatic carbocycles. The van der Waals surface area contributed by atoms with Crippen LogP contribution in [0.4, 0.5) is 0 Å². The van der Waals surface area contributed by atoms with Gasteiger partial charge in [0.25, 0.3) is 5.56 Å². The lowest BCUT2D eigenvalue weighted by Gasteiger charge is -2.72. The van der Waals surface area contributed by atoms with Gasteiger partial charge in [-0.25, -0.2) is 4.68 Å². The summed E-state index contributed by atoms with van der Waals surface area (Å²) in [5.41, 5.74) is 4.60. The van der Waals surface area contributed by atoms with E-state index in [2.05, 4.69) is 72.1 Å². The van der Waals surface area contributed by atoms with Crippen LogP contribution in [0.15, 0.2) is 46.3 Å². The Hall–Kier alpha value is -2.84. The number of halogens is 1. The first kappa shape index (κ1) is 43.3. The van der Waals surface area contributed by atoms with Crippen molar-refractivity contribution < 1.29 is 19.4 Å². The van der Waals surface area contributed by atoms with Crippen molar-refractivity contribution in [2.75, 3.05) is 20.6 Å². The highest BCUT2D eigenvalue weighted by Crippen LogP contribution is 2.77. The van der Waals surface area contributed by atoms with Gasteiger partial charge in [0.2, 0.25) is 0 Å². The first-order valence-corrected chi connectivity index (χ1v) is 22.8. The molecule has 0 aliphatic heterocycles. The summed E-state index contributed by atoms with van der Waals surface area (Å²) >= 11 is 6.30. The number of likely N-dealkylation sites (N-methyl/N-ethyl adjacent to an activating group) is 1. The van der Waals surface area contributed by atoms with Gasteiger partial charge in [0, 0.05) is 28.7 Å². The Balaban J connectivity index is 1.20. The number of carboxylic acids is 1. The van der Waals surface area contributed by atoms with E-state index in [1.807, 2.05) is 35.0 Å². The molecule has 4 saturated carbocycles. The number of aliphatic carboxylic acids is 1. The van der Waals surface area contributed by atoms with Gasteiger partial charge in [-0.15, -0.1) is 0 Å². The molecule has 0 spiro atoms. The SMILES string of the molecule is CC(C)C1=C2[C@H]3CC[C@@H]4C5(C)CC[C@H](OC(=O)CC(C)(C)C(=O)O)C(C)(C)[C@@H]5CCC4(C)[C@]3(C)CCC2(Cc2cc(=O)n(-c3ccc(Cl)cc3)n2CCN(C)C)CC1. The first-order chi connectivity index (χ1) is 27.0. The normalized spacial score (nSPS) is 34.4. The summed E-state index contributed by atoms with van der Waals surface area (Å²) in [7, 11) is 4.19. The zero-order chi connectivity index (χ0) is 42.4. The van der Waals surface area contributed by atoms with E-state index in [0.717, 1.165) is 69.4 Å². The molecule has 1 aromatic heterocycles. The minimum atomic E-state index is -1.15. The number of carbonyl (C=O) groups is 2. The Morgan fingerprint density at radius 2 is 1.62 bits per heavy atom. The molecule has 1 heterocycles. The average Bonchev–Trinajstić information content (AvgIpc) is 3.66. The van der Waals surface area contributed by atoms with Gasteiger partial charge >= 0.3 is 11.9 Å². The Bertz CT molecular complexity index is 2010. The largest absolute Gasteiger partial charge is 0.481 e. The van der Waals surface area contributed by atoms with Gasteiger partial charge in [-0.3, -0.25) is 19.1 Å². The van der Waals surface area contributed by atoms with Crippen molar-refractivity contribution in [2.24, 2.45) is 56.2 Å². The van der Waals surface area contributed by atoms with Crippen molar-refractivity contribution in [3.8, 4) is 5.69 Å². The van der Waals surface area contributed by atoms with Gasteiger partial charge in [-0.05, 0) is 168 Å². The van der Waals surface area contributed by atoms with E-state index in [0.29, 0.717) is 28.7 Å². The van der Waals surface area contributed by atoms with E-state index in [1.54, 1.807) is 25.0 Å². The van der Waals surface area contributed by atoms with Crippen molar-refractivity contribution in [1.29, 1.82) is 0 Å². The third-order valence-electron chi connectivity index (χ3n) is 17.6. The van der Waals surface area contributed by atoms with Crippen molar-refractivity contribution in [1.82, 2.24) is 14.3 Å². The third kappa shape index (κ3) is 6.86. The van der Waals surface area contributed by atoms with Crippen LogP contribution in [0.5, 0.6) is 0 Å². The van der Waals surface area contributed by atoms with Crippen molar-refractivity contribution in [3.63, 3.8) is 0 Å². The molecule has 8 nitrogen and oxygen atoms in total. The smallest absolute Gasteiger partial charge is 0.309 e. The monoisotopic (exact) mass is 818 g/mol. The van der Waals surface area contributed by atoms with Crippen molar-refractivity contribution >= 4 is 23.5 Å². The number of esters is 1. The number of hydrogen-bond donors (Lipinski definition) is 1. The molecule has 58 heavy (non-hydrogen) atoms. The molecule has 0 amide bonds. The van der Waals surface area contributed by atoms with Crippen LogP contribution in [-0.2, 0) is 27.3 Å². The first-order valence-electron chi connectivity index (χ1n) is 22.4. The van der Waals surface area contributed by atoms with Crippen LogP contribution in [0.1, 0.15) is 139 Å². The van der Waals surface area contributed by atoms with Gasteiger partial charge in [-0.1, -0.05) is 71.2 Å². The van der Waals surface area contributed by atoms with Gasteiger partial charge in [0.05, 0.1) is 24.1 Å². The van der Waals surface area contributed by atoms with Crippen molar-refractivity contribution in [3.05, 3.63) is 62.5 Å². The Morgan fingerprint density at radius 1 is 0.931 bits per heavy atom. The Labute approximate surface area is 353 Å². The number of benzene rings is 1. The number of aromatic nitrogens is 2. The van der Waals surface area contributed by atoms with Crippen LogP contribution < -0.4 is 5.56 Å². The maximum atomic E-state index is 14.0. The second kappa shape index (κ2) is 15.0. The molecule has 8 atom stereocenters. The molecule has 0 radical (unpaired) electrons. The molecular formula is C49H72ClN3O5. The summed E-state index contributed by atoms with van der Waals surface area (Å²) in [6.45, 7) is 22.1. The van der Waals surface area contributed by atoms with Gasteiger partial charge in [-0.2, -0.15) is 0 Å². The highest BCUT2D eigenvalue weighted by Gasteiger charge is 2.69. The lowest BCUT2D eigenvalue weighted by atomic mass is 9.33. The molecule has 320 valence electrons. The molecular weight excluding hydrogens is 746 g/mol. The Kier molecular flexibility index (Phi) is 11.2. The van der Waals surface area contributed by atoms with Crippen molar-refractivity contribution in [2.45, 2.75) is 152 Å². The summed E-state index contributed by atoms with van der Waals surface area (Å²) in [5, 5.41) is 10.3. The standard InChI is InChI=1S/C49H72ClN3O5/c1-31(2)35-18-23-49(29-34-28-40(54)53(52(34)27-26-51(10)11)33-14-12-32(50)13-15-33)25-24-47(8)36(42(35)49)16-17-38-46(7)21-20-39(58-41(55)30-44(3,4)43(56)57)45(5,6)37(46)19-22-48(38,47)9/h12-15,28,31,36-39H,16-27,29-30H2,1-11H3,(H,56,57)/t36-,37+,38-,39+,46?,47-,48?,49?/m1/s1. The maximum Gasteiger partial charge on any atom is 0.309 e. The molecule has 0 saturated heterocycles. The van der Waals surface area contributed by atoms with Crippen LogP contribution in [0.25, 0.3) is 5.69 Å². The van der Waals surface area contributed by atoms with E-state index < -0.39 is 17.4 Å². The highest BCUT2D eigenvalue weighted by atomic mass is 35.5. The number of fused-ring (bicyclic) bond motifs is 7. The molecule has 7 rings (SSSR count). The zero-order valence-corrected chi connectivity index (χ0v) is 38.2. The zero-order valence-electron chi connectivity index (χ0n) is 37.5. The second-order valence-corrected chi connectivity index (χ2v) is 22.5. The van der Waals surface area contributed by atoms with Crippen LogP contribution in [-0.4, -0.2) is 58.1 Å². The van der Waals surface area contributed by atoms with Gasteiger partial charge in [0.1, 0.15) is 6.10 Å². The third-order valence-corrected chi connectivity index (χ3v) is 17.9. The second-order valence-electron chi connectivity index (χ2n) is 22.1. The average molecular weight is 819 g/mol. The molecule has 4 fully saturated rings. The molecule has 5 aliphatic carbocycles. The van der Waals surface area contributed by atoms with E-state index >= 15 is 0 Å². The maximum absolute atomic E-state index is 14.0. The lowest BCUT2D eigenvalue weighted by Crippen LogP contribution is -2.65. The van der Waals surface area contributed by atoms with Gasteiger partial charge in [0.15, 0.2) is 0 Å². The fourth-order valence-corrected chi connectivity index (χ4v) is 14.4. The van der Waals surface area contributed by atoms with E-state index in [4.69, 9.17) is 16.3 Å². The number of hydrogen-bond acceptors (Lipinski definition) is 5.